The number of cyclic esters (lactones) is 2. The van der Waals surface area contributed by atoms with E-state index in [2.05, 4.69) is 0 Å². The van der Waals surface area contributed by atoms with Gasteiger partial charge < -0.3 is 14.2 Å². The molecular weight excluding hydrogens is 331 g/mol. The third-order valence-electron chi connectivity index (χ3n) is 3.05. The van der Waals surface area contributed by atoms with Gasteiger partial charge in [0.2, 0.25) is 0 Å². The average molecular weight is 350 g/mol. The number of hydrogen-bond donors (Lipinski definition) is 0. The van der Waals surface area contributed by atoms with Crippen molar-refractivity contribution in [3.63, 3.8) is 0 Å². The van der Waals surface area contributed by atoms with Crippen LogP contribution in [0.2, 0.25) is 0 Å². The maximum atomic E-state index is 14.2. The van der Waals surface area contributed by atoms with Gasteiger partial charge in [-0.3, -0.25) is 0 Å². The van der Waals surface area contributed by atoms with Gasteiger partial charge in [-0.1, -0.05) is 6.07 Å². The van der Waals surface area contributed by atoms with E-state index in [4.69, 9.17) is 14.2 Å². The van der Waals surface area contributed by atoms with Crippen molar-refractivity contribution in [2.45, 2.75) is 46.0 Å². The van der Waals surface area contributed by atoms with E-state index in [1.54, 1.807) is 20.8 Å². The Hall–Kier alpha value is -2.70. The molecule has 6 nitrogen and oxygen atoms in total. The first-order valence-electron chi connectivity index (χ1n) is 7.59. The lowest BCUT2D eigenvalue weighted by atomic mass is 10.1. The van der Waals surface area contributed by atoms with Gasteiger partial charge in [-0.25, -0.2) is 18.8 Å². The summed E-state index contributed by atoms with van der Waals surface area (Å²) in [5, 5.41) is 0. The number of carbonyl (C=O) groups excluding carboxylic acids is 3. The highest BCUT2D eigenvalue weighted by Gasteiger charge is 2.39. The molecule has 134 valence electrons. The van der Waals surface area contributed by atoms with E-state index in [1.807, 2.05) is 0 Å². The molecule has 0 aliphatic carbocycles. The number of hydrogen-bond acceptors (Lipinski definition) is 6. The Morgan fingerprint density at radius 3 is 2.20 bits per heavy atom. The second kappa shape index (κ2) is 6.31. The summed E-state index contributed by atoms with van der Waals surface area (Å²) in [6.45, 7) is 7.91. The molecule has 0 spiro atoms. The molecule has 1 fully saturated rings. The van der Waals surface area contributed by atoms with Crippen LogP contribution in [0.1, 0.15) is 50.5 Å². The van der Waals surface area contributed by atoms with Crippen LogP contribution in [0.3, 0.4) is 0 Å². The fraction of sp³-hybridized carbons (Fsp3) is 0.389. The van der Waals surface area contributed by atoms with E-state index in [0.717, 1.165) is 12.1 Å². The van der Waals surface area contributed by atoms with E-state index < -0.39 is 40.7 Å². The van der Waals surface area contributed by atoms with Gasteiger partial charge in [0.15, 0.2) is 0 Å². The quantitative estimate of drug-likeness (QED) is 0.463. The highest BCUT2D eigenvalue weighted by molar-refractivity contribution is 6.18. The summed E-state index contributed by atoms with van der Waals surface area (Å²) < 4.78 is 29.3. The van der Waals surface area contributed by atoms with Gasteiger partial charge >= 0.3 is 17.9 Å². The molecule has 1 aliphatic rings. The molecule has 2 rings (SSSR count). The lowest BCUT2D eigenvalue weighted by Gasteiger charge is -2.29. The van der Waals surface area contributed by atoms with Gasteiger partial charge in [-0.2, -0.15) is 0 Å². The molecule has 1 saturated heterocycles. The standard InChI is InChI=1S/C18H19FO6/c1-17(2,3)23-14(20)11-7-6-10(13(19)9-11)8-12-15(21)24-18(4,5)25-16(12)22/h6-9H,1-5H3. The fourth-order valence-electron chi connectivity index (χ4n) is 2.04. The van der Waals surface area contributed by atoms with Crippen LogP contribution in [0, 0.1) is 5.82 Å². The topological polar surface area (TPSA) is 78.9 Å². The lowest BCUT2D eigenvalue weighted by molar-refractivity contribution is -0.222. The van der Waals surface area contributed by atoms with Crippen LogP contribution in [-0.4, -0.2) is 29.3 Å². The van der Waals surface area contributed by atoms with Crippen molar-refractivity contribution in [3.05, 3.63) is 40.7 Å². The molecule has 0 atom stereocenters. The first-order chi connectivity index (χ1) is 11.4. The Bertz CT molecular complexity index is 748. The third kappa shape index (κ3) is 4.65. The van der Waals surface area contributed by atoms with E-state index in [-0.39, 0.29) is 11.1 Å². The predicted octanol–water partition coefficient (Wildman–Crippen LogP) is 3.00. The van der Waals surface area contributed by atoms with E-state index >= 15 is 0 Å². The molecule has 0 unspecified atom stereocenters. The predicted molar refractivity (Wildman–Crippen MR) is 85.8 cm³/mol. The highest BCUT2D eigenvalue weighted by Crippen LogP contribution is 2.25. The van der Waals surface area contributed by atoms with Crippen molar-refractivity contribution in [1.82, 2.24) is 0 Å². The SMILES string of the molecule is CC(C)(C)OC(=O)c1ccc(C=C2C(=O)OC(C)(C)OC2=O)c(F)c1. The maximum Gasteiger partial charge on any atom is 0.348 e. The van der Waals surface area contributed by atoms with Gasteiger partial charge in [-0.15, -0.1) is 0 Å². The summed E-state index contributed by atoms with van der Waals surface area (Å²) in [6.07, 6.45) is 1.02. The summed E-state index contributed by atoms with van der Waals surface area (Å²) in [4.78, 5) is 35.7. The maximum absolute atomic E-state index is 14.2. The van der Waals surface area contributed by atoms with Crippen LogP contribution >= 0.6 is 0 Å². The number of ether oxygens (including phenoxy) is 3. The van der Waals surface area contributed by atoms with Gasteiger partial charge in [0.25, 0.3) is 5.79 Å². The fourth-order valence-corrected chi connectivity index (χ4v) is 2.04. The molecule has 0 bridgehead atoms. The van der Waals surface area contributed by atoms with E-state index in [1.165, 1.54) is 26.0 Å². The minimum Gasteiger partial charge on any atom is -0.456 e. The Labute approximate surface area is 144 Å². The van der Waals surface area contributed by atoms with Gasteiger partial charge in [0, 0.05) is 19.4 Å². The van der Waals surface area contributed by atoms with Crippen LogP contribution in [0.15, 0.2) is 23.8 Å². The zero-order valence-corrected chi connectivity index (χ0v) is 14.6. The van der Waals surface area contributed by atoms with Crippen LogP contribution in [0.5, 0.6) is 0 Å². The van der Waals surface area contributed by atoms with Crippen molar-refractivity contribution in [1.29, 1.82) is 0 Å². The molecular formula is C18H19FO6. The molecule has 0 N–H and O–H groups in total. The first kappa shape index (κ1) is 18.6. The minimum atomic E-state index is -1.37. The van der Waals surface area contributed by atoms with Gasteiger partial charge in [0.05, 0.1) is 5.56 Å². The lowest BCUT2D eigenvalue weighted by Crippen LogP contribution is -2.41. The Morgan fingerprint density at radius 1 is 1.16 bits per heavy atom. The summed E-state index contributed by atoms with van der Waals surface area (Å²) in [5.74, 6) is -4.65. The zero-order valence-electron chi connectivity index (χ0n) is 14.6. The molecule has 0 radical (unpaired) electrons. The van der Waals surface area contributed by atoms with E-state index in [0.29, 0.717) is 0 Å². The minimum absolute atomic E-state index is 0.0181. The second-order valence-corrected chi connectivity index (χ2v) is 6.98. The molecule has 7 heteroatoms. The molecule has 1 aromatic rings. The number of rotatable bonds is 2. The van der Waals surface area contributed by atoms with Crippen LogP contribution in [0.25, 0.3) is 6.08 Å². The normalized spacial score (nSPS) is 16.8. The molecule has 1 heterocycles. The van der Waals surface area contributed by atoms with Crippen molar-refractivity contribution >= 4 is 24.0 Å². The van der Waals surface area contributed by atoms with Crippen LogP contribution in [-0.2, 0) is 23.8 Å². The highest BCUT2D eigenvalue weighted by atomic mass is 19.1. The number of halogens is 1. The third-order valence-corrected chi connectivity index (χ3v) is 3.05. The molecule has 0 saturated carbocycles. The first-order valence-corrected chi connectivity index (χ1v) is 7.59. The average Bonchev–Trinajstić information content (AvgIpc) is 2.41. The molecule has 1 aromatic carbocycles. The second-order valence-electron chi connectivity index (χ2n) is 6.98. The van der Waals surface area contributed by atoms with Crippen LogP contribution in [0.4, 0.5) is 4.39 Å². The summed E-state index contributed by atoms with van der Waals surface area (Å²) in [6, 6.07) is 3.58. The number of esters is 3. The Morgan fingerprint density at radius 2 is 1.72 bits per heavy atom. The molecule has 1 aliphatic heterocycles. The van der Waals surface area contributed by atoms with Crippen molar-refractivity contribution in [2.75, 3.05) is 0 Å². The van der Waals surface area contributed by atoms with Crippen molar-refractivity contribution in [2.24, 2.45) is 0 Å². The van der Waals surface area contributed by atoms with Crippen LogP contribution < -0.4 is 0 Å². The largest absolute Gasteiger partial charge is 0.456 e. The number of benzene rings is 1. The molecule has 0 aromatic heterocycles. The summed E-state index contributed by atoms with van der Waals surface area (Å²) in [5.41, 5.74) is -1.18. The monoisotopic (exact) mass is 350 g/mol. The van der Waals surface area contributed by atoms with Crippen molar-refractivity contribution in [3.8, 4) is 0 Å². The van der Waals surface area contributed by atoms with Gasteiger partial charge in [0.1, 0.15) is 17.0 Å². The number of carbonyl (C=O) groups is 3. The summed E-state index contributed by atoms with van der Waals surface area (Å²) in [7, 11) is 0. The smallest absolute Gasteiger partial charge is 0.348 e. The zero-order chi connectivity index (χ0) is 19.0. The Balaban J connectivity index is 2.28. The van der Waals surface area contributed by atoms with Crippen molar-refractivity contribution < 1.29 is 33.0 Å². The molecule has 25 heavy (non-hydrogen) atoms. The summed E-state index contributed by atoms with van der Waals surface area (Å²) >= 11 is 0. The van der Waals surface area contributed by atoms with E-state index in [9.17, 15) is 18.8 Å². The Kier molecular flexibility index (Phi) is 4.70. The molecule has 0 amide bonds. The van der Waals surface area contributed by atoms with Gasteiger partial charge in [-0.05, 0) is 39.0 Å².